The lowest BCUT2D eigenvalue weighted by atomic mass is 9.91. The van der Waals surface area contributed by atoms with E-state index in [9.17, 15) is 15.3 Å². The van der Waals surface area contributed by atoms with Crippen molar-refractivity contribution in [1.29, 1.82) is 0 Å². The fraction of sp³-hybridized carbons (Fsp3) is 0.647. The van der Waals surface area contributed by atoms with Crippen LogP contribution in [0.15, 0.2) is 6.07 Å². The second kappa shape index (κ2) is 7.14. The average Bonchev–Trinajstić information content (AvgIpc) is 2.44. The number of aliphatic hydroxyl groups is 1. The molecule has 118 valence electrons. The van der Waals surface area contributed by atoms with Gasteiger partial charge in [0.25, 0.3) is 0 Å². The van der Waals surface area contributed by atoms with Gasteiger partial charge in [0, 0.05) is 11.6 Å². The van der Waals surface area contributed by atoms with Crippen LogP contribution in [-0.2, 0) is 17.8 Å². The number of unbranched alkanes of at least 4 members (excludes halogenated alkanes) is 2. The lowest BCUT2D eigenvalue weighted by Crippen LogP contribution is -2.23. The highest BCUT2D eigenvalue weighted by atomic mass is 16.5. The number of aliphatic hydroxyl groups excluding tert-OH is 1. The number of hydrogen-bond acceptors (Lipinski definition) is 4. The Morgan fingerprint density at radius 1 is 1.19 bits per heavy atom. The Morgan fingerprint density at radius 3 is 2.67 bits per heavy atom. The Hall–Kier alpha value is -1.26. The molecule has 1 aliphatic rings. The van der Waals surface area contributed by atoms with Crippen LogP contribution < -0.4 is 0 Å². The molecule has 0 spiro atoms. The topological polar surface area (TPSA) is 69.9 Å². The van der Waals surface area contributed by atoms with Crippen LogP contribution in [0.4, 0.5) is 0 Å². The fourth-order valence-corrected chi connectivity index (χ4v) is 2.96. The summed E-state index contributed by atoms with van der Waals surface area (Å²) in [5.41, 5.74) is 2.70. The second-order valence-electron chi connectivity index (χ2n) is 6.12. The first kappa shape index (κ1) is 16.1. The molecule has 0 radical (unpaired) electrons. The van der Waals surface area contributed by atoms with E-state index in [4.69, 9.17) is 4.74 Å². The van der Waals surface area contributed by atoms with Gasteiger partial charge in [-0.2, -0.15) is 0 Å². The summed E-state index contributed by atoms with van der Waals surface area (Å²) in [7, 11) is 0. The van der Waals surface area contributed by atoms with Crippen molar-refractivity contribution in [3.8, 4) is 11.5 Å². The van der Waals surface area contributed by atoms with E-state index in [1.54, 1.807) is 0 Å². The van der Waals surface area contributed by atoms with Crippen molar-refractivity contribution in [2.75, 3.05) is 0 Å². The second-order valence-corrected chi connectivity index (χ2v) is 6.12. The van der Waals surface area contributed by atoms with Gasteiger partial charge in [0.15, 0.2) is 0 Å². The van der Waals surface area contributed by atoms with Crippen molar-refractivity contribution in [2.24, 2.45) is 0 Å². The molecule has 0 saturated heterocycles. The van der Waals surface area contributed by atoms with Gasteiger partial charge in [0.05, 0.1) is 18.8 Å². The van der Waals surface area contributed by atoms with Crippen molar-refractivity contribution < 1.29 is 20.1 Å². The highest BCUT2D eigenvalue weighted by Crippen LogP contribution is 2.36. The van der Waals surface area contributed by atoms with E-state index in [2.05, 4.69) is 0 Å². The van der Waals surface area contributed by atoms with Gasteiger partial charge in [-0.1, -0.05) is 19.3 Å². The minimum atomic E-state index is -0.212. The zero-order chi connectivity index (χ0) is 15.4. The third kappa shape index (κ3) is 4.11. The predicted molar refractivity (Wildman–Crippen MR) is 81.6 cm³/mol. The quantitative estimate of drug-likeness (QED) is 0.705. The molecule has 4 heteroatoms. The number of benzene rings is 1. The molecule has 0 saturated carbocycles. The van der Waals surface area contributed by atoms with Crippen molar-refractivity contribution in [3.05, 3.63) is 22.8 Å². The number of rotatable bonds is 6. The molecule has 4 nitrogen and oxygen atoms in total. The first-order valence-electron chi connectivity index (χ1n) is 7.82. The monoisotopic (exact) mass is 294 g/mol. The smallest absolute Gasteiger partial charge is 0.125 e. The SMILES string of the molecule is Cc1c(O)cc(O)c2c1C[C@@H](CCCCC[C@@H](C)O)OC2. The van der Waals surface area contributed by atoms with Gasteiger partial charge in [-0.05, 0) is 44.2 Å². The first-order chi connectivity index (χ1) is 9.99. The molecule has 0 amide bonds. The molecule has 1 aromatic rings. The Kier molecular flexibility index (Phi) is 5.48. The summed E-state index contributed by atoms with van der Waals surface area (Å²) in [6, 6.07) is 1.40. The first-order valence-corrected chi connectivity index (χ1v) is 7.82. The van der Waals surface area contributed by atoms with Crippen molar-refractivity contribution in [3.63, 3.8) is 0 Å². The standard InChI is InChI=1S/C17H26O4/c1-11(18)6-4-3-5-7-13-8-14-12(2)16(19)9-17(20)15(14)10-21-13/h9,11,13,18-20H,3-8,10H2,1-2H3/t11-,13-/m1/s1. The van der Waals surface area contributed by atoms with Gasteiger partial charge in [-0.15, -0.1) is 0 Å². The van der Waals surface area contributed by atoms with E-state index in [0.717, 1.165) is 55.2 Å². The molecule has 0 aromatic heterocycles. The highest BCUT2D eigenvalue weighted by Gasteiger charge is 2.24. The van der Waals surface area contributed by atoms with Crippen molar-refractivity contribution in [2.45, 2.75) is 71.2 Å². The zero-order valence-corrected chi connectivity index (χ0v) is 12.9. The van der Waals surface area contributed by atoms with Gasteiger partial charge >= 0.3 is 0 Å². The van der Waals surface area contributed by atoms with Crippen LogP contribution in [0.2, 0.25) is 0 Å². The fourth-order valence-electron chi connectivity index (χ4n) is 2.96. The Morgan fingerprint density at radius 2 is 1.95 bits per heavy atom. The summed E-state index contributed by atoms with van der Waals surface area (Å²) in [5, 5.41) is 28.9. The van der Waals surface area contributed by atoms with Crippen LogP contribution in [0.1, 0.15) is 55.7 Å². The van der Waals surface area contributed by atoms with Gasteiger partial charge in [0.2, 0.25) is 0 Å². The number of ether oxygens (including phenoxy) is 1. The Labute approximate surface area is 126 Å². The third-order valence-corrected chi connectivity index (χ3v) is 4.33. The largest absolute Gasteiger partial charge is 0.508 e. The zero-order valence-electron chi connectivity index (χ0n) is 12.9. The van der Waals surface area contributed by atoms with E-state index in [1.807, 2.05) is 13.8 Å². The summed E-state index contributed by atoms with van der Waals surface area (Å²) < 4.78 is 5.82. The summed E-state index contributed by atoms with van der Waals surface area (Å²) >= 11 is 0. The van der Waals surface area contributed by atoms with Crippen LogP contribution in [0.5, 0.6) is 11.5 Å². The number of phenolic OH excluding ortho intramolecular Hbond substituents is 2. The minimum absolute atomic E-state index is 0.128. The molecule has 1 aromatic carbocycles. The normalized spacial score (nSPS) is 19.3. The van der Waals surface area contributed by atoms with Crippen LogP contribution in [0.3, 0.4) is 0 Å². The van der Waals surface area contributed by atoms with E-state index in [-0.39, 0.29) is 23.7 Å². The highest BCUT2D eigenvalue weighted by molar-refractivity contribution is 5.51. The Balaban J connectivity index is 1.88. The van der Waals surface area contributed by atoms with E-state index < -0.39 is 0 Å². The molecule has 3 N–H and O–H groups in total. The van der Waals surface area contributed by atoms with Gasteiger partial charge in [0.1, 0.15) is 11.5 Å². The van der Waals surface area contributed by atoms with Crippen LogP contribution in [0.25, 0.3) is 0 Å². The molecular formula is C17H26O4. The minimum Gasteiger partial charge on any atom is -0.508 e. The Bertz CT molecular complexity index is 482. The van der Waals surface area contributed by atoms with Crippen LogP contribution >= 0.6 is 0 Å². The van der Waals surface area contributed by atoms with E-state index in [0.29, 0.717) is 6.61 Å². The maximum atomic E-state index is 9.88. The summed E-state index contributed by atoms with van der Waals surface area (Å²) in [5.74, 6) is 0.285. The summed E-state index contributed by atoms with van der Waals surface area (Å²) in [4.78, 5) is 0. The number of hydrogen-bond donors (Lipinski definition) is 3. The molecule has 2 rings (SSSR count). The number of aromatic hydroxyl groups is 2. The maximum absolute atomic E-state index is 9.88. The molecule has 0 bridgehead atoms. The molecule has 0 aliphatic carbocycles. The van der Waals surface area contributed by atoms with Crippen molar-refractivity contribution in [1.82, 2.24) is 0 Å². The van der Waals surface area contributed by atoms with Crippen LogP contribution in [0, 0.1) is 6.92 Å². The van der Waals surface area contributed by atoms with Crippen LogP contribution in [-0.4, -0.2) is 27.5 Å². The lowest BCUT2D eigenvalue weighted by molar-refractivity contribution is 0.0201. The average molecular weight is 294 g/mol. The number of phenols is 2. The predicted octanol–water partition coefficient (Wildman–Crippen LogP) is 3.18. The third-order valence-electron chi connectivity index (χ3n) is 4.33. The lowest BCUT2D eigenvalue weighted by Gasteiger charge is -2.27. The van der Waals surface area contributed by atoms with Gasteiger partial charge in [-0.25, -0.2) is 0 Å². The molecule has 0 fully saturated rings. The van der Waals surface area contributed by atoms with Gasteiger partial charge in [-0.3, -0.25) is 0 Å². The molecule has 0 unspecified atom stereocenters. The molecular weight excluding hydrogens is 268 g/mol. The summed E-state index contributed by atoms with van der Waals surface area (Å²) in [6.07, 6.45) is 5.75. The molecule has 1 heterocycles. The van der Waals surface area contributed by atoms with Gasteiger partial charge < -0.3 is 20.1 Å². The van der Waals surface area contributed by atoms with E-state index in [1.165, 1.54) is 6.07 Å². The molecule has 1 aliphatic heterocycles. The molecule has 21 heavy (non-hydrogen) atoms. The van der Waals surface area contributed by atoms with E-state index >= 15 is 0 Å². The van der Waals surface area contributed by atoms with Crippen molar-refractivity contribution >= 4 is 0 Å². The maximum Gasteiger partial charge on any atom is 0.125 e. The number of fused-ring (bicyclic) bond motifs is 1. The summed E-state index contributed by atoms with van der Waals surface area (Å²) in [6.45, 7) is 4.13. The molecule has 2 atom stereocenters.